The van der Waals surface area contributed by atoms with Crippen LogP contribution in [0.2, 0.25) is 5.02 Å². The van der Waals surface area contributed by atoms with Gasteiger partial charge in [0.2, 0.25) is 5.75 Å². The molecule has 0 atom stereocenters. The number of ether oxygens (including phenoxy) is 3. The minimum atomic E-state index is -0.237. The summed E-state index contributed by atoms with van der Waals surface area (Å²) < 4.78 is 15.5. The normalized spacial score (nSPS) is 9.89. The Balaban J connectivity index is 3.51. The number of rotatable bonds is 4. The Labute approximate surface area is 111 Å². The van der Waals surface area contributed by atoms with E-state index in [0.29, 0.717) is 17.1 Å². The van der Waals surface area contributed by atoms with E-state index in [9.17, 15) is 4.79 Å². The molecule has 0 radical (unpaired) electrons. The lowest BCUT2D eigenvalue weighted by atomic mass is 10.1. The number of halogens is 1. The van der Waals surface area contributed by atoms with Crippen LogP contribution >= 0.6 is 11.6 Å². The van der Waals surface area contributed by atoms with Crippen molar-refractivity contribution in [1.29, 1.82) is 0 Å². The van der Waals surface area contributed by atoms with Crippen molar-refractivity contribution in [3.8, 4) is 17.2 Å². The molecule has 1 amide bonds. The third-order valence-corrected chi connectivity index (χ3v) is 2.78. The van der Waals surface area contributed by atoms with Gasteiger partial charge in [-0.3, -0.25) is 4.79 Å². The predicted octanol–water partition coefficient (Wildman–Crippen LogP) is 2.07. The quantitative estimate of drug-likeness (QED) is 0.843. The number of hydrogen-bond acceptors (Lipinski definition) is 4. The molecule has 0 spiro atoms. The molecule has 0 aliphatic carbocycles. The molecule has 1 aromatic carbocycles. The summed E-state index contributed by atoms with van der Waals surface area (Å²) in [6, 6.07) is 1.53. The van der Waals surface area contributed by atoms with Crippen molar-refractivity contribution >= 4 is 17.5 Å². The number of methoxy groups -OCH3 is 3. The molecule has 0 aliphatic rings. The first kappa shape index (κ1) is 14.4. The molecule has 1 rings (SSSR count). The second-order valence-corrected chi connectivity index (χ2v) is 4.08. The Morgan fingerprint density at radius 1 is 1.11 bits per heavy atom. The number of benzene rings is 1. The maximum absolute atomic E-state index is 12.0. The molecular weight excluding hydrogens is 258 g/mol. The summed E-state index contributed by atoms with van der Waals surface area (Å²) in [5.74, 6) is 0.798. The molecule has 5 nitrogen and oxygen atoms in total. The minimum Gasteiger partial charge on any atom is -0.493 e. The van der Waals surface area contributed by atoms with Crippen LogP contribution in [0.3, 0.4) is 0 Å². The largest absolute Gasteiger partial charge is 0.493 e. The Morgan fingerprint density at radius 3 is 2.06 bits per heavy atom. The average Bonchev–Trinajstić information content (AvgIpc) is 2.36. The topological polar surface area (TPSA) is 48.0 Å². The van der Waals surface area contributed by atoms with Gasteiger partial charge in [-0.05, 0) is 6.07 Å². The van der Waals surface area contributed by atoms with Gasteiger partial charge in [-0.2, -0.15) is 0 Å². The van der Waals surface area contributed by atoms with Gasteiger partial charge in [-0.25, -0.2) is 0 Å². The summed E-state index contributed by atoms with van der Waals surface area (Å²) >= 11 is 6.15. The van der Waals surface area contributed by atoms with Crippen LogP contribution in [0.25, 0.3) is 0 Å². The smallest absolute Gasteiger partial charge is 0.255 e. The van der Waals surface area contributed by atoms with Crippen molar-refractivity contribution in [1.82, 2.24) is 4.90 Å². The number of carbonyl (C=O) groups is 1. The fourth-order valence-electron chi connectivity index (χ4n) is 1.52. The highest BCUT2D eigenvalue weighted by molar-refractivity contribution is 6.35. The molecule has 6 heteroatoms. The fourth-order valence-corrected chi connectivity index (χ4v) is 1.82. The minimum absolute atomic E-state index is 0.203. The first-order valence-corrected chi connectivity index (χ1v) is 5.55. The number of amides is 1. The Kier molecular flexibility index (Phi) is 4.67. The van der Waals surface area contributed by atoms with Crippen molar-refractivity contribution in [3.05, 3.63) is 16.7 Å². The van der Waals surface area contributed by atoms with Gasteiger partial charge in [0.05, 0.1) is 31.9 Å². The van der Waals surface area contributed by atoms with E-state index in [-0.39, 0.29) is 16.7 Å². The van der Waals surface area contributed by atoms with E-state index in [1.807, 2.05) is 0 Å². The first-order chi connectivity index (χ1) is 8.47. The van der Waals surface area contributed by atoms with Crippen molar-refractivity contribution in [2.75, 3.05) is 35.4 Å². The standard InChI is InChI=1S/C12H16ClNO4/c1-14(2)12(15)7-6-8(16-3)10(17-4)11(18-5)9(7)13/h6H,1-5H3. The molecule has 0 N–H and O–H groups in total. The second kappa shape index (κ2) is 5.82. The SMILES string of the molecule is COc1cc(C(=O)N(C)C)c(Cl)c(OC)c1OC. The summed E-state index contributed by atoms with van der Waals surface area (Å²) in [5.41, 5.74) is 0.302. The molecule has 0 saturated heterocycles. The van der Waals surface area contributed by atoms with Gasteiger partial charge in [-0.15, -0.1) is 0 Å². The highest BCUT2D eigenvalue weighted by atomic mass is 35.5. The van der Waals surface area contributed by atoms with Gasteiger partial charge in [0.25, 0.3) is 5.91 Å². The van der Waals surface area contributed by atoms with Gasteiger partial charge in [0.1, 0.15) is 0 Å². The summed E-state index contributed by atoms with van der Waals surface area (Å²) in [4.78, 5) is 13.4. The van der Waals surface area contributed by atoms with Crippen molar-refractivity contribution in [3.63, 3.8) is 0 Å². The van der Waals surface area contributed by atoms with E-state index in [4.69, 9.17) is 25.8 Å². The zero-order valence-electron chi connectivity index (χ0n) is 11.0. The maximum atomic E-state index is 12.0. The third kappa shape index (κ3) is 2.46. The van der Waals surface area contributed by atoms with Crippen LogP contribution in [0, 0.1) is 0 Å². The molecule has 100 valence electrons. The van der Waals surface area contributed by atoms with Crippen LogP contribution in [0.1, 0.15) is 10.4 Å². The summed E-state index contributed by atoms with van der Waals surface area (Å²) in [6.45, 7) is 0. The first-order valence-electron chi connectivity index (χ1n) is 5.18. The van der Waals surface area contributed by atoms with Crippen LogP contribution in [-0.4, -0.2) is 46.2 Å². The maximum Gasteiger partial charge on any atom is 0.255 e. The van der Waals surface area contributed by atoms with E-state index in [0.717, 1.165) is 0 Å². The lowest BCUT2D eigenvalue weighted by molar-refractivity contribution is 0.0827. The zero-order chi connectivity index (χ0) is 13.9. The van der Waals surface area contributed by atoms with Crippen molar-refractivity contribution in [2.45, 2.75) is 0 Å². The van der Waals surface area contributed by atoms with Crippen LogP contribution in [0.15, 0.2) is 6.07 Å². The van der Waals surface area contributed by atoms with Gasteiger partial charge in [0.15, 0.2) is 11.5 Å². The van der Waals surface area contributed by atoms with Gasteiger partial charge < -0.3 is 19.1 Å². The molecule has 0 bridgehead atoms. The zero-order valence-corrected chi connectivity index (χ0v) is 11.8. The molecule has 1 aromatic rings. The Hall–Kier alpha value is -1.62. The Bertz CT molecular complexity index is 460. The lowest BCUT2D eigenvalue weighted by Gasteiger charge is -2.18. The second-order valence-electron chi connectivity index (χ2n) is 3.71. The van der Waals surface area contributed by atoms with Gasteiger partial charge in [0, 0.05) is 14.1 Å². The molecular formula is C12H16ClNO4. The monoisotopic (exact) mass is 273 g/mol. The van der Waals surface area contributed by atoms with E-state index in [1.54, 1.807) is 14.1 Å². The highest BCUT2D eigenvalue weighted by Gasteiger charge is 2.23. The summed E-state index contributed by atoms with van der Waals surface area (Å²) in [7, 11) is 7.69. The number of nitrogens with zero attached hydrogens (tertiary/aromatic N) is 1. The molecule has 0 aromatic heterocycles. The molecule has 0 saturated carbocycles. The molecule has 0 unspecified atom stereocenters. The highest BCUT2D eigenvalue weighted by Crippen LogP contribution is 2.44. The van der Waals surface area contributed by atoms with E-state index in [2.05, 4.69) is 0 Å². The van der Waals surface area contributed by atoms with E-state index in [1.165, 1.54) is 32.3 Å². The summed E-state index contributed by atoms with van der Waals surface area (Å²) in [6.07, 6.45) is 0. The van der Waals surface area contributed by atoms with Gasteiger partial charge >= 0.3 is 0 Å². The van der Waals surface area contributed by atoms with Crippen LogP contribution in [-0.2, 0) is 0 Å². The van der Waals surface area contributed by atoms with Crippen LogP contribution in [0.5, 0.6) is 17.2 Å². The van der Waals surface area contributed by atoms with Crippen molar-refractivity contribution in [2.24, 2.45) is 0 Å². The lowest BCUT2D eigenvalue weighted by Crippen LogP contribution is -2.22. The molecule has 0 aliphatic heterocycles. The van der Waals surface area contributed by atoms with Crippen LogP contribution < -0.4 is 14.2 Å². The fraction of sp³-hybridized carbons (Fsp3) is 0.417. The van der Waals surface area contributed by atoms with E-state index >= 15 is 0 Å². The van der Waals surface area contributed by atoms with Gasteiger partial charge in [-0.1, -0.05) is 11.6 Å². The molecule has 0 heterocycles. The number of hydrogen-bond donors (Lipinski definition) is 0. The van der Waals surface area contributed by atoms with E-state index < -0.39 is 0 Å². The predicted molar refractivity (Wildman–Crippen MR) is 69.1 cm³/mol. The average molecular weight is 274 g/mol. The molecule has 18 heavy (non-hydrogen) atoms. The van der Waals surface area contributed by atoms with Crippen LogP contribution in [0.4, 0.5) is 0 Å². The number of carbonyl (C=O) groups excluding carboxylic acids is 1. The van der Waals surface area contributed by atoms with Crippen molar-refractivity contribution < 1.29 is 19.0 Å². The Morgan fingerprint density at radius 2 is 1.67 bits per heavy atom. The molecule has 0 fully saturated rings. The third-order valence-electron chi connectivity index (χ3n) is 2.41. The summed E-state index contributed by atoms with van der Waals surface area (Å²) in [5, 5.41) is 0.203.